The molecule has 2 fully saturated rings. The van der Waals surface area contributed by atoms with Crippen molar-refractivity contribution in [3.05, 3.63) is 53.6 Å². The number of anilines is 2. The van der Waals surface area contributed by atoms with Gasteiger partial charge in [0, 0.05) is 31.7 Å². The van der Waals surface area contributed by atoms with E-state index in [1.807, 2.05) is 0 Å². The van der Waals surface area contributed by atoms with Crippen LogP contribution < -0.4 is 9.62 Å². The van der Waals surface area contributed by atoms with Crippen LogP contribution in [0.1, 0.15) is 28.8 Å². The molecule has 2 heterocycles. The minimum atomic E-state index is -3.93. The fourth-order valence-corrected chi connectivity index (χ4v) is 5.06. The van der Waals surface area contributed by atoms with Crippen LogP contribution in [0.25, 0.3) is 0 Å². The highest BCUT2D eigenvalue weighted by Gasteiger charge is 2.26. The molecule has 0 aliphatic carbocycles. The smallest absolute Gasteiger partial charge is 0.261 e. The first kappa shape index (κ1) is 21.3. The molecule has 8 nitrogen and oxygen atoms in total. The van der Waals surface area contributed by atoms with Gasteiger partial charge in [-0.2, -0.15) is 0 Å². The van der Waals surface area contributed by atoms with Gasteiger partial charge in [0.2, 0.25) is 5.91 Å². The van der Waals surface area contributed by atoms with Gasteiger partial charge in [-0.15, -0.1) is 0 Å². The van der Waals surface area contributed by atoms with Crippen molar-refractivity contribution < 1.29 is 22.7 Å². The molecule has 9 heteroatoms. The molecule has 2 aliphatic rings. The van der Waals surface area contributed by atoms with E-state index in [2.05, 4.69) is 4.72 Å². The van der Waals surface area contributed by atoms with Gasteiger partial charge in [0.05, 0.1) is 29.4 Å². The summed E-state index contributed by atoms with van der Waals surface area (Å²) in [5.74, 6) is -0.187. The molecule has 1 N–H and O–H groups in total. The van der Waals surface area contributed by atoms with Gasteiger partial charge in [-0.3, -0.25) is 14.3 Å². The number of sulfonamides is 1. The number of nitrogens with zero attached hydrogens (tertiary/aromatic N) is 2. The second-order valence-electron chi connectivity index (χ2n) is 7.65. The van der Waals surface area contributed by atoms with E-state index in [4.69, 9.17) is 4.74 Å². The Kier molecular flexibility index (Phi) is 5.97. The van der Waals surface area contributed by atoms with Crippen LogP contribution in [0.15, 0.2) is 47.4 Å². The zero-order chi connectivity index (χ0) is 22.0. The quantitative estimate of drug-likeness (QED) is 0.766. The van der Waals surface area contributed by atoms with E-state index in [1.54, 1.807) is 53.1 Å². The predicted octanol–water partition coefficient (Wildman–Crippen LogP) is 2.40. The normalized spacial score (nSPS) is 17.1. The molecule has 164 valence electrons. The topological polar surface area (TPSA) is 96.0 Å². The standard InChI is InChI=1S/C22H25N3O5S/c1-16-15-17(8-9-20(16)25-10-4-7-21(25)26)31(28,29)23-19-6-3-2-5-18(19)22(27)24-11-13-30-14-12-24/h2-3,5-6,8-9,15,23H,4,7,10-14H2,1H3. The number of para-hydroxylation sites is 1. The maximum Gasteiger partial charge on any atom is 0.261 e. The molecule has 0 atom stereocenters. The molecule has 2 saturated heterocycles. The molecule has 0 bridgehead atoms. The van der Waals surface area contributed by atoms with Gasteiger partial charge >= 0.3 is 0 Å². The molecular weight excluding hydrogens is 418 g/mol. The number of hydrogen-bond donors (Lipinski definition) is 1. The Bertz CT molecular complexity index is 1110. The SMILES string of the molecule is Cc1cc(S(=O)(=O)Nc2ccccc2C(=O)N2CCOCC2)ccc1N1CCCC1=O. The van der Waals surface area contributed by atoms with Crippen LogP contribution in [0.5, 0.6) is 0 Å². The van der Waals surface area contributed by atoms with E-state index in [9.17, 15) is 18.0 Å². The monoisotopic (exact) mass is 443 g/mol. The van der Waals surface area contributed by atoms with E-state index < -0.39 is 10.0 Å². The number of nitrogens with one attached hydrogen (secondary N) is 1. The molecule has 0 saturated carbocycles. The molecule has 2 aromatic carbocycles. The average molecular weight is 444 g/mol. The Morgan fingerprint density at radius 3 is 2.48 bits per heavy atom. The summed E-state index contributed by atoms with van der Waals surface area (Å²) in [6.07, 6.45) is 1.31. The maximum absolute atomic E-state index is 13.1. The third-order valence-corrected chi connectivity index (χ3v) is 6.91. The van der Waals surface area contributed by atoms with Crippen molar-refractivity contribution in [2.45, 2.75) is 24.7 Å². The van der Waals surface area contributed by atoms with Crippen LogP contribution in [0.3, 0.4) is 0 Å². The summed E-state index contributed by atoms with van der Waals surface area (Å²) in [7, 11) is -3.93. The molecule has 0 aromatic heterocycles. The summed E-state index contributed by atoms with van der Waals surface area (Å²) in [5.41, 5.74) is 1.96. The van der Waals surface area contributed by atoms with Crippen molar-refractivity contribution >= 4 is 33.2 Å². The van der Waals surface area contributed by atoms with Gasteiger partial charge in [0.15, 0.2) is 0 Å². The summed E-state index contributed by atoms with van der Waals surface area (Å²) in [6, 6.07) is 11.3. The lowest BCUT2D eigenvalue weighted by molar-refractivity contribution is -0.117. The number of aryl methyl sites for hydroxylation is 1. The number of carbonyl (C=O) groups is 2. The molecular formula is C22H25N3O5S. The first-order chi connectivity index (χ1) is 14.9. The van der Waals surface area contributed by atoms with Crippen LogP contribution in [0, 0.1) is 6.92 Å². The summed E-state index contributed by atoms with van der Waals surface area (Å²) in [5, 5.41) is 0. The minimum absolute atomic E-state index is 0.0485. The van der Waals surface area contributed by atoms with Gasteiger partial charge in [-0.1, -0.05) is 12.1 Å². The van der Waals surface area contributed by atoms with Crippen molar-refractivity contribution in [1.29, 1.82) is 0 Å². The van der Waals surface area contributed by atoms with Gasteiger partial charge in [-0.25, -0.2) is 8.42 Å². The van der Waals surface area contributed by atoms with Gasteiger partial charge < -0.3 is 14.5 Å². The highest BCUT2D eigenvalue weighted by Crippen LogP contribution is 2.28. The van der Waals surface area contributed by atoms with E-state index in [0.717, 1.165) is 12.1 Å². The third-order valence-electron chi connectivity index (χ3n) is 5.54. The van der Waals surface area contributed by atoms with Crippen molar-refractivity contribution in [2.24, 2.45) is 0 Å². The number of rotatable bonds is 5. The van der Waals surface area contributed by atoms with Crippen LogP contribution in [-0.4, -0.2) is 58.0 Å². The first-order valence-electron chi connectivity index (χ1n) is 10.3. The fraction of sp³-hybridized carbons (Fsp3) is 0.364. The lowest BCUT2D eigenvalue weighted by Gasteiger charge is -2.27. The Hall–Kier alpha value is -2.91. The molecule has 4 rings (SSSR count). The lowest BCUT2D eigenvalue weighted by Crippen LogP contribution is -2.41. The number of hydrogen-bond acceptors (Lipinski definition) is 5. The van der Waals surface area contributed by atoms with Gasteiger partial charge in [0.1, 0.15) is 0 Å². The van der Waals surface area contributed by atoms with Crippen LogP contribution >= 0.6 is 0 Å². The van der Waals surface area contributed by atoms with Crippen molar-refractivity contribution in [1.82, 2.24) is 4.90 Å². The zero-order valence-corrected chi connectivity index (χ0v) is 18.2. The van der Waals surface area contributed by atoms with Crippen molar-refractivity contribution in [2.75, 3.05) is 42.5 Å². The predicted molar refractivity (Wildman–Crippen MR) is 117 cm³/mol. The minimum Gasteiger partial charge on any atom is -0.378 e. The van der Waals surface area contributed by atoms with Gasteiger partial charge in [0.25, 0.3) is 15.9 Å². The number of morpholine rings is 1. The summed E-state index contributed by atoms with van der Waals surface area (Å²) < 4.78 is 34.0. The van der Waals surface area contributed by atoms with Crippen LogP contribution in [0.2, 0.25) is 0 Å². The molecule has 2 aromatic rings. The first-order valence-corrected chi connectivity index (χ1v) is 11.7. The third kappa shape index (κ3) is 4.42. The van der Waals surface area contributed by atoms with Crippen molar-refractivity contribution in [3.63, 3.8) is 0 Å². The highest BCUT2D eigenvalue weighted by atomic mass is 32.2. The lowest BCUT2D eigenvalue weighted by atomic mass is 10.1. The molecule has 0 radical (unpaired) electrons. The van der Waals surface area contributed by atoms with E-state index in [-0.39, 0.29) is 22.4 Å². The number of ether oxygens (including phenoxy) is 1. The summed E-state index contributed by atoms with van der Waals surface area (Å²) in [4.78, 5) is 28.4. The number of amides is 2. The average Bonchev–Trinajstić information content (AvgIpc) is 3.19. The molecule has 0 spiro atoms. The largest absolute Gasteiger partial charge is 0.378 e. The Balaban J connectivity index is 1.59. The summed E-state index contributed by atoms with van der Waals surface area (Å²) >= 11 is 0. The fourth-order valence-electron chi connectivity index (χ4n) is 3.90. The van der Waals surface area contributed by atoms with E-state index in [1.165, 1.54) is 6.07 Å². The second kappa shape index (κ2) is 8.68. The maximum atomic E-state index is 13.1. The van der Waals surface area contributed by atoms with E-state index in [0.29, 0.717) is 50.4 Å². The van der Waals surface area contributed by atoms with Gasteiger partial charge in [-0.05, 0) is 49.2 Å². The Morgan fingerprint density at radius 2 is 1.81 bits per heavy atom. The van der Waals surface area contributed by atoms with Crippen LogP contribution in [-0.2, 0) is 19.6 Å². The molecule has 0 unspecified atom stereocenters. The number of benzene rings is 2. The zero-order valence-electron chi connectivity index (χ0n) is 17.3. The molecule has 31 heavy (non-hydrogen) atoms. The van der Waals surface area contributed by atoms with E-state index >= 15 is 0 Å². The second-order valence-corrected chi connectivity index (χ2v) is 9.34. The number of carbonyl (C=O) groups excluding carboxylic acids is 2. The van der Waals surface area contributed by atoms with Crippen LogP contribution in [0.4, 0.5) is 11.4 Å². The Labute approximate surface area is 181 Å². The van der Waals surface area contributed by atoms with Crippen molar-refractivity contribution in [3.8, 4) is 0 Å². The summed E-state index contributed by atoms with van der Waals surface area (Å²) in [6.45, 7) is 4.29. The molecule has 2 aliphatic heterocycles. The highest BCUT2D eigenvalue weighted by molar-refractivity contribution is 7.92. The Morgan fingerprint density at radius 1 is 1.06 bits per heavy atom. The molecule has 2 amide bonds.